The molecule has 1 aliphatic rings. The Morgan fingerprint density at radius 2 is 1.64 bits per heavy atom. The third-order valence-electron chi connectivity index (χ3n) is 5.60. The Balaban J connectivity index is 1.54. The number of nitrogens with zero attached hydrogens (tertiary/aromatic N) is 1. The predicted octanol–water partition coefficient (Wildman–Crippen LogP) is 5.18. The van der Waals surface area contributed by atoms with E-state index in [9.17, 15) is 4.79 Å². The van der Waals surface area contributed by atoms with Crippen LogP contribution < -0.4 is 5.32 Å². The molecule has 0 radical (unpaired) electrons. The molecule has 0 bridgehead atoms. The fourth-order valence-electron chi connectivity index (χ4n) is 4.10. The first kappa shape index (κ1) is 18.9. The van der Waals surface area contributed by atoms with Crippen LogP contribution in [0.3, 0.4) is 0 Å². The standard InChI is InChI=1S/C24H26N2OS/c1-18(26-16-8-14-21(26)22-15-9-17-28-22)24(27)25-23(19-10-4-2-5-11-19)20-12-6-3-7-13-20/h2-7,9-13,15,17-18,21,23H,8,14,16H2,1H3,(H,25,27)/t18-,21+/m0/s1. The summed E-state index contributed by atoms with van der Waals surface area (Å²) in [5, 5.41) is 5.44. The lowest BCUT2D eigenvalue weighted by molar-refractivity contribution is -0.126. The summed E-state index contributed by atoms with van der Waals surface area (Å²) in [7, 11) is 0. The second-order valence-corrected chi connectivity index (χ2v) is 8.33. The fourth-order valence-corrected chi connectivity index (χ4v) is 4.98. The van der Waals surface area contributed by atoms with Gasteiger partial charge in [0.25, 0.3) is 0 Å². The lowest BCUT2D eigenvalue weighted by Crippen LogP contribution is -2.45. The smallest absolute Gasteiger partial charge is 0.237 e. The molecule has 0 unspecified atom stereocenters. The van der Waals surface area contributed by atoms with E-state index in [1.165, 1.54) is 4.88 Å². The van der Waals surface area contributed by atoms with Crippen LogP contribution in [-0.2, 0) is 4.79 Å². The quantitative estimate of drug-likeness (QED) is 0.629. The number of benzene rings is 2. The third kappa shape index (κ3) is 4.03. The van der Waals surface area contributed by atoms with E-state index in [1.807, 2.05) is 43.3 Å². The largest absolute Gasteiger partial charge is 0.344 e. The van der Waals surface area contributed by atoms with Crippen molar-refractivity contribution in [1.29, 1.82) is 0 Å². The first-order valence-electron chi connectivity index (χ1n) is 9.93. The van der Waals surface area contributed by atoms with Crippen molar-refractivity contribution in [3.8, 4) is 0 Å². The Hall–Kier alpha value is -2.43. The first-order chi connectivity index (χ1) is 13.7. The number of thiophene rings is 1. The molecule has 2 heterocycles. The van der Waals surface area contributed by atoms with E-state index in [4.69, 9.17) is 0 Å². The second kappa shape index (κ2) is 8.72. The molecular weight excluding hydrogens is 364 g/mol. The van der Waals surface area contributed by atoms with Gasteiger partial charge in [-0.2, -0.15) is 0 Å². The molecule has 0 aliphatic carbocycles. The van der Waals surface area contributed by atoms with E-state index in [2.05, 4.69) is 52.0 Å². The number of likely N-dealkylation sites (tertiary alicyclic amines) is 1. The van der Waals surface area contributed by atoms with Gasteiger partial charge in [0.1, 0.15) is 0 Å². The van der Waals surface area contributed by atoms with E-state index in [-0.39, 0.29) is 18.0 Å². The van der Waals surface area contributed by atoms with Crippen LogP contribution in [-0.4, -0.2) is 23.4 Å². The predicted molar refractivity (Wildman–Crippen MR) is 115 cm³/mol. The number of nitrogens with one attached hydrogen (secondary N) is 1. The van der Waals surface area contributed by atoms with Crippen LogP contribution in [0.1, 0.15) is 47.9 Å². The van der Waals surface area contributed by atoms with Crippen LogP contribution in [0.15, 0.2) is 78.2 Å². The van der Waals surface area contributed by atoms with Gasteiger partial charge in [0.15, 0.2) is 0 Å². The zero-order chi connectivity index (χ0) is 19.3. The second-order valence-electron chi connectivity index (χ2n) is 7.35. The molecule has 3 aromatic rings. The van der Waals surface area contributed by atoms with Gasteiger partial charge in [0, 0.05) is 10.9 Å². The van der Waals surface area contributed by atoms with Gasteiger partial charge in [0.2, 0.25) is 5.91 Å². The highest BCUT2D eigenvalue weighted by Crippen LogP contribution is 2.36. The number of carbonyl (C=O) groups excluding carboxylic acids is 1. The van der Waals surface area contributed by atoms with Gasteiger partial charge >= 0.3 is 0 Å². The maximum atomic E-state index is 13.3. The minimum absolute atomic E-state index is 0.0844. The zero-order valence-electron chi connectivity index (χ0n) is 16.1. The molecule has 3 nitrogen and oxygen atoms in total. The summed E-state index contributed by atoms with van der Waals surface area (Å²) in [6.45, 7) is 3.01. The molecular formula is C24H26N2OS. The van der Waals surface area contributed by atoms with Gasteiger partial charge in [-0.3, -0.25) is 9.69 Å². The highest BCUT2D eigenvalue weighted by atomic mass is 32.1. The summed E-state index contributed by atoms with van der Waals surface area (Å²) < 4.78 is 0. The summed E-state index contributed by atoms with van der Waals surface area (Å²) in [6.07, 6.45) is 2.26. The summed E-state index contributed by atoms with van der Waals surface area (Å²) >= 11 is 1.79. The van der Waals surface area contributed by atoms with Gasteiger partial charge in [-0.05, 0) is 48.9 Å². The van der Waals surface area contributed by atoms with E-state index in [1.54, 1.807) is 11.3 Å². The molecule has 1 amide bonds. The molecule has 1 N–H and O–H groups in total. The van der Waals surface area contributed by atoms with Crippen LogP contribution in [0.5, 0.6) is 0 Å². The minimum Gasteiger partial charge on any atom is -0.344 e. The maximum absolute atomic E-state index is 13.3. The van der Waals surface area contributed by atoms with Gasteiger partial charge in [-0.25, -0.2) is 0 Å². The Labute approximate surface area is 171 Å². The van der Waals surface area contributed by atoms with Crippen molar-refractivity contribution in [3.63, 3.8) is 0 Å². The zero-order valence-corrected chi connectivity index (χ0v) is 16.9. The molecule has 1 saturated heterocycles. The van der Waals surface area contributed by atoms with Crippen molar-refractivity contribution in [3.05, 3.63) is 94.2 Å². The molecule has 2 atom stereocenters. The van der Waals surface area contributed by atoms with Crippen molar-refractivity contribution >= 4 is 17.2 Å². The molecule has 1 aromatic heterocycles. The van der Waals surface area contributed by atoms with Crippen LogP contribution >= 0.6 is 11.3 Å². The number of hydrogen-bond acceptors (Lipinski definition) is 3. The van der Waals surface area contributed by atoms with E-state index in [0.717, 1.165) is 30.5 Å². The third-order valence-corrected chi connectivity index (χ3v) is 6.57. The maximum Gasteiger partial charge on any atom is 0.237 e. The van der Waals surface area contributed by atoms with Crippen LogP contribution in [0, 0.1) is 0 Å². The molecule has 1 aliphatic heterocycles. The average Bonchev–Trinajstić information content (AvgIpc) is 3.44. The monoisotopic (exact) mass is 390 g/mol. The van der Waals surface area contributed by atoms with Crippen molar-refractivity contribution in [2.45, 2.75) is 37.9 Å². The molecule has 144 valence electrons. The highest BCUT2D eigenvalue weighted by Gasteiger charge is 2.34. The lowest BCUT2D eigenvalue weighted by Gasteiger charge is -2.31. The van der Waals surface area contributed by atoms with Crippen LogP contribution in [0.4, 0.5) is 0 Å². The molecule has 4 rings (SSSR count). The molecule has 2 aromatic carbocycles. The van der Waals surface area contributed by atoms with Gasteiger partial charge < -0.3 is 5.32 Å². The Bertz CT molecular complexity index is 840. The van der Waals surface area contributed by atoms with Crippen molar-refractivity contribution < 1.29 is 4.79 Å². The van der Waals surface area contributed by atoms with Gasteiger partial charge in [0.05, 0.1) is 12.1 Å². The van der Waals surface area contributed by atoms with Crippen molar-refractivity contribution in [2.75, 3.05) is 6.54 Å². The van der Waals surface area contributed by atoms with Gasteiger partial charge in [-0.15, -0.1) is 11.3 Å². The fraction of sp³-hybridized carbons (Fsp3) is 0.292. The number of carbonyl (C=O) groups is 1. The van der Waals surface area contributed by atoms with E-state index >= 15 is 0 Å². The molecule has 0 spiro atoms. The molecule has 4 heteroatoms. The molecule has 28 heavy (non-hydrogen) atoms. The van der Waals surface area contributed by atoms with E-state index in [0.29, 0.717) is 6.04 Å². The number of hydrogen-bond donors (Lipinski definition) is 1. The van der Waals surface area contributed by atoms with Crippen molar-refractivity contribution in [1.82, 2.24) is 10.2 Å². The summed E-state index contributed by atoms with van der Waals surface area (Å²) in [5.74, 6) is 0.0844. The highest BCUT2D eigenvalue weighted by molar-refractivity contribution is 7.10. The summed E-state index contributed by atoms with van der Waals surface area (Å²) in [4.78, 5) is 17.0. The Morgan fingerprint density at radius 1 is 1.00 bits per heavy atom. The Morgan fingerprint density at radius 3 is 2.21 bits per heavy atom. The van der Waals surface area contributed by atoms with Crippen LogP contribution in [0.25, 0.3) is 0 Å². The normalized spacial score (nSPS) is 18.3. The number of rotatable bonds is 6. The average molecular weight is 391 g/mol. The molecule has 1 fully saturated rings. The summed E-state index contributed by atoms with van der Waals surface area (Å²) in [5.41, 5.74) is 2.20. The topological polar surface area (TPSA) is 32.3 Å². The van der Waals surface area contributed by atoms with Crippen molar-refractivity contribution in [2.24, 2.45) is 0 Å². The van der Waals surface area contributed by atoms with Crippen LogP contribution in [0.2, 0.25) is 0 Å². The number of amides is 1. The Kier molecular flexibility index (Phi) is 5.89. The SMILES string of the molecule is C[C@@H](C(=O)NC(c1ccccc1)c1ccccc1)N1CCC[C@@H]1c1cccs1. The first-order valence-corrected chi connectivity index (χ1v) is 10.8. The molecule has 0 saturated carbocycles. The van der Waals surface area contributed by atoms with Gasteiger partial charge in [-0.1, -0.05) is 66.7 Å². The summed E-state index contributed by atoms with van der Waals surface area (Å²) in [6, 6.07) is 24.7. The van der Waals surface area contributed by atoms with E-state index < -0.39 is 0 Å². The minimum atomic E-state index is -0.162. The lowest BCUT2D eigenvalue weighted by atomic mass is 9.98.